The first-order valence-electron chi connectivity index (χ1n) is 10.4. The number of aromatic nitrogens is 1. The lowest BCUT2D eigenvalue weighted by molar-refractivity contribution is -0.128. The van der Waals surface area contributed by atoms with Crippen molar-refractivity contribution in [3.05, 3.63) is 58.4 Å². The molecule has 1 aromatic heterocycles. The first-order chi connectivity index (χ1) is 14.9. The van der Waals surface area contributed by atoms with E-state index in [4.69, 9.17) is 9.47 Å². The number of rotatable bonds is 9. The van der Waals surface area contributed by atoms with Gasteiger partial charge < -0.3 is 24.7 Å². The number of methoxy groups -OCH3 is 1. The van der Waals surface area contributed by atoms with Gasteiger partial charge in [0.1, 0.15) is 12.3 Å². The van der Waals surface area contributed by atoms with Crippen molar-refractivity contribution in [1.82, 2.24) is 15.2 Å². The number of amides is 2. The van der Waals surface area contributed by atoms with E-state index < -0.39 is 5.97 Å². The van der Waals surface area contributed by atoms with Gasteiger partial charge in [-0.2, -0.15) is 0 Å². The van der Waals surface area contributed by atoms with E-state index in [1.54, 1.807) is 18.7 Å². The summed E-state index contributed by atoms with van der Waals surface area (Å²) in [5, 5.41) is 3.03. The second-order valence-corrected chi connectivity index (χ2v) is 7.63. The number of H-pyrrole nitrogens is 1. The molecule has 0 bridgehead atoms. The SMILES string of the molecule is COCCOC(=O)c1c(C)[nH]c(C(=O)NC(CN2CCCC2=O)c2ccccc2)c1C. The van der Waals surface area contributed by atoms with Crippen LogP contribution in [0.2, 0.25) is 0 Å². The van der Waals surface area contributed by atoms with E-state index in [9.17, 15) is 14.4 Å². The topological polar surface area (TPSA) is 101 Å². The normalized spacial score (nSPS) is 14.5. The van der Waals surface area contributed by atoms with Gasteiger partial charge in [0, 0.05) is 32.3 Å². The van der Waals surface area contributed by atoms with E-state index in [1.807, 2.05) is 30.3 Å². The highest BCUT2D eigenvalue weighted by Gasteiger charge is 2.28. The first kappa shape index (κ1) is 22.6. The molecule has 1 aliphatic rings. The summed E-state index contributed by atoms with van der Waals surface area (Å²) in [4.78, 5) is 42.5. The molecule has 8 heteroatoms. The molecule has 8 nitrogen and oxygen atoms in total. The van der Waals surface area contributed by atoms with Crippen LogP contribution < -0.4 is 5.32 Å². The van der Waals surface area contributed by atoms with Crippen molar-refractivity contribution in [3.8, 4) is 0 Å². The zero-order chi connectivity index (χ0) is 22.4. The summed E-state index contributed by atoms with van der Waals surface area (Å²) < 4.78 is 10.1. The van der Waals surface area contributed by atoms with E-state index in [0.717, 1.165) is 12.0 Å². The van der Waals surface area contributed by atoms with Gasteiger partial charge in [-0.05, 0) is 31.4 Å². The monoisotopic (exact) mass is 427 g/mol. The zero-order valence-corrected chi connectivity index (χ0v) is 18.2. The molecule has 0 saturated carbocycles. The highest BCUT2D eigenvalue weighted by molar-refractivity contribution is 6.00. The summed E-state index contributed by atoms with van der Waals surface area (Å²) in [6, 6.07) is 9.20. The van der Waals surface area contributed by atoms with E-state index in [1.165, 1.54) is 7.11 Å². The molecule has 1 atom stereocenters. The van der Waals surface area contributed by atoms with Crippen LogP contribution >= 0.6 is 0 Å². The van der Waals surface area contributed by atoms with Crippen molar-refractivity contribution in [2.45, 2.75) is 32.7 Å². The molecular formula is C23H29N3O5. The lowest BCUT2D eigenvalue weighted by atomic mass is 10.1. The molecule has 2 amide bonds. The van der Waals surface area contributed by atoms with Crippen LogP contribution in [0.25, 0.3) is 0 Å². The van der Waals surface area contributed by atoms with Crippen LogP contribution in [0.4, 0.5) is 0 Å². The Labute approximate surface area is 181 Å². The largest absolute Gasteiger partial charge is 0.460 e. The summed E-state index contributed by atoms with van der Waals surface area (Å²) in [5.74, 6) is -0.732. The van der Waals surface area contributed by atoms with Crippen LogP contribution in [-0.2, 0) is 14.3 Å². The predicted molar refractivity (Wildman–Crippen MR) is 115 cm³/mol. The Hall–Kier alpha value is -3.13. The van der Waals surface area contributed by atoms with Gasteiger partial charge in [-0.3, -0.25) is 9.59 Å². The van der Waals surface area contributed by atoms with E-state index in [-0.39, 0.29) is 24.5 Å². The van der Waals surface area contributed by atoms with Crippen LogP contribution in [0.3, 0.4) is 0 Å². The third-order valence-corrected chi connectivity index (χ3v) is 5.47. The fourth-order valence-electron chi connectivity index (χ4n) is 3.84. The second-order valence-electron chi connectivity index (χ2n) is 7.63. The number of esters is 1. The van der Waals surface area contributed by atoms with Gasteiger partial charge in [0.2, 0.25) is 5.91 Å². The summed E-state index contributed by atoms with van der Waals surface area (Å²) in [7, 11) is 1.53. The number of hydrogen-bond acceptors (Lipinski definition) is 5. The number of nitrogens with zero attached hydrogens (tertiary/aromatic N) is 1. The maximum absolute atomic E-state index is 13.1. The smallest absolute Gasteiger partial charge is 0.340 e. The molecule has 1 unspecified atom stereocenters. The quantitative estimate of drug-likeness (QED) is 0.473. The maximum Gasteiger partial charge on any atom is 0.340 e. The maximum atomic E-state index is 13.1. The second kappa shape index (κ2) is 10.3. The number of aromatic amines is 1. The molecule has 3 rings (SSSR count). The Bertz CT molecular complexity index is 938. The number of benzene rings is 1. The van der Waals surface area contributed by atoms with Crippen LogP contribution in [-0.4, -0.2) is 61.1 Å². The fourth-order valence-corrected chi connectivity index (χ4v) is 3.84. The molecule has 1 saturated heterocycles. The molecule has 31 heavy (non-hydrogen) atoms. The minimum absolute atomic E-state index is 0.100. The fraction of sp³-hybridized carbons (Fsp3) is 0.435. The molecule has 2 heterocycles. The number of carbonyl (C=O) groups excluding carboxylic acids is 3. The number of carbonyl (C=O) groups is 3. The highest BCUT2D eigenvalue weighted by atomic mass is 16.6. The van der Waals surface area contributed by atoms with Gasteiger partial charge in [0.25, 0.3) is 5.91 Å². The van der Waals surface area contributed by atoms with Gasteiger partial charge >= 0.3 is 5.97 Å². The summed E-state index contributed by atoms with van der Waals surface area (Å²) in [5.41, 5.74) is 2.67. The van der Waals surface area contributed by atoms with Crippen LogP contribution in [0.1, 0.15) is 56.6 Å². The summed E-state index contributed by atoms with van der Waals surface area (Å²) in [6.45, 7) is 4.98. The van der Waals surface area contributed by atoms with Crippen molar-refractivity contribution in [3.63, 3.8) is 0 Å². The van der Waals surface area contributed by atoms with Crippen molar-refractivity contribution in [1.29, 1.82) is 0 Å². The minimum Gasteiger partial charge on any atom is -0.460 e. The van der Waals surface area contributed by atoms with Gasteiger partial charge in [-0.25, -0.2) is 4.79 Å². The summed E-state index contributed by atoms with van der Waals surface area (Å²) >= 11 is 0. The van der Waals surface area contributed by atoms with Crippen molar-refractivity contribution >= 4 is 17.8 Å². The molecule has 166 valence electrons. The molecule has 1 fully saturated rings. The Morgan fingerprint density at radius 3 is 2.58 bits per heavy atom. The lowest BCUT2D eigenvalue weighted by Crippen LogP contribution is -2.39. The molecule has 0 radical (unpaired) electrons. The molecule has 2 aromatic rings. The highest BCUT2D eigenvalue weighted by Crippen LogP contribution is 2.22. The lowest BCUT2D eigenvalue weighted by Gasteiger charge is -2.25. The number of hydrogen-bond donors (Lipinski definition) is 2. The van der Waals surface area contributed by atoms with Crippen LogP contribution in [0, 0.1) is 13.8 Å². The van der Waals surface area contributed by atoms with Gasteiger partial charge in [0.05, 0.1) is 18.2 Å². The molecule has 0 spiro atoms. The van der Waals surface area contributed by atoms with E-state index >= 15 is 0 Å². The van der Waals surface area contributed by atoms with Crippen molar-refractivity contribution in [2.75, 3.05) is 33.4 Å². The predicted octanol–water partition coefficient (Wildman–Crippen LogP) is 2.53. The zero-order valence-electron chi connectivity index (χ0n) is 18.2. The number of likely N-dealkylation sites (tertiary alicyclic amines) is 1. The Kier molecular flexibility index (Phi) is 7.46. The molecule has 2 N–H and O–H groups in total. The van der Waals surface area contributed by atoms with Crippen LogP contribution in [0.5, 0.6) is 0 Å². The van der Waals surface area contributed by atoms with Gasteiger partial charge in [-0.1, -0.05) is 30.3 Å². The van der Waals surface area contributed by atoms with E-state index in [2.05, 4.69) is 10.3 Å². The minimum atomic E-state index is -0.496. The van der Waals surface area contributed by atoms with Crippen molar-refractivity contribution < 1.29 is 23.9 Å². The number of nitrogens with one attached hydrogen (secondary N) is 2. The molecule has 1 aromatic carbocycles. The molecule has 1 aliphatic heterocycles. The van der Waals surface area contributed by atoms with Crippen LogP contribution in [0.15, 0.2) is 30.3 Å². The molecular weight excluding hydrogens is 398 g/mol. The number of ether oxygens (including phenoxy) is 2. The standard InChI is InChI=1S/C23H29N3O5/c1-15-20(23(29)31-13-12-30-3)16(2)24-21(15)22(28)25-18(17-8-5-4-6-9-17)14-26-11-7-10-19(26)27/h4-6,8-9,18,24H,7,10-14H2,1-3H3,(H,25,28). The number of aryl methyl sites for hydroxylation is 1. The van der Waals surface area contributed by atoms with E-state index in [0.29, 0.717) is 48.6 Å². The Morgan fingerprint density at radius 1 is 1.19 bits per heavy atom. The van der Waals surface area contributed by atoms with Crippen molar-refractivity contribution in [2.24, 2.45) is 0 Å². The summed E-state index contributed by atoms with van der Waals surface area (Å²) in [6.07, 6.45) is 1.37. The molecule has 0 aliphatic carbocycles. The average Bonchev–Trinajstić information content (AvgIpc) is 3.30. The van der Waals surface area contributed by atoms with Gasteiger partial charge in [0.15, 0.2) is 0 Å². The third-order valence-electron chi connectivity index (χ3n) is 5.47. The Morgan fingerprint density at radius 2 is 1.94 bits per heavy atom. The Balaban J connectivity index is 1.79. The first-order valence-corrected chi connectivity index (χ1v) is 10.4. The third kappa shape index (κ3) is 5.32. The average molecular weight is 428 g/mol. The van der Waals surface area contributed by atoms with Gasteiger partial charge in [-0.15, -0.1) is 0 Å².